The maximum atomic E-state index is 12.4. The third kappa shape index (κ3) is 15.4. The van der Waals surface area contributed by atoms with Crippen LogP contribution < -0.4 is 0 Å². The van der Waals surface area contributed by atoms with Gasteiger partial charge in [0, 0.05) is 25.2 Å². The number of benzene rings is 1. The van der Waals surface area contributed by atoms with Crippen molar-refractivity contribution in [2.45, 2.75) is 261 Å². The molecule has 0 radical (unpaired) electrons. The summed E-state index contributed by atoms with van der Waals surface area (Å²) < 4.78 is 27.9. The first-order chi connectivity index (χ1) is 33.4. The van der Waals surface area contributed by atoms with Gasteiger partial charge in [0.15, 0.2) is 18.1 Å². The molecule has 10 rings (SSSR count). The number of aliphatic hydroxyl groups is 2. The van der Waals surface area contributed by atoms with E-state index in [9.17, 15) is 39.3 Å². The zero-order valence-electron chi connectivity index (χ0n) is 46.2. The second-order valence-corrected chi connectivity index (χ2v) is 25.4. The van der Waals surface area contributed by atoms with Gasteiger partial charge in [0.05, 0.1) is 33.4 Å². The van der Waals surface area contributed by atoms with E-state index in [0.717, 1.165) is 82.6 Å². The smallest absolute Gasteiger partial charge is 0.344 e. The molecule has 2 heterocycles. The Balaban J connectivity index is 0.000000265. The lowest BCUT2D eigenvalue weighted by atomic mass is 9.50. The molecule has 7 aliphatic carbocycles. The molecule has 14 nitrogen and oxygen atoms in total. The van der Waals surface area contributed by atoms with Crippen molar-refractivity contribution in [3.63, 3.8) is 0 Å². The van der Waals surface area contributed by atoms with Crippen LogP contribution in [0.15, 0.2) is 18.2 Å². The lowest BCUT2D eigenvalue weighted by Gasteiger charge is -2.62. The van der Waals surface area contributed by atoms with Crippen LogP contribution in [0.3, 0.4) is 0 Å². The van der Waals surface area contributed by atoms with Gasteiger partial charge >= 0.3 is 29.8 Å². The van der Waals surface area contributed by atoms with Crippen molar-refractivity contribution in [2.75, 3.05) is 6.61 Å². The summed E-state index contributed by atoms with van der Waals surface area (Å²) in [6.07, 6.45) is 14.0. The van der Waals surface area contributed by atoms with Crippen molar-refractivity contribution in [3.8, 4) is 11.5 Å². The predicted octanol–water partition coefficient (Wildman–Crippen LogP) is 12.2. The minimum absolute atomic E-state index is 0. The summed E-state index contributed by atoms with van der Waals surface area (Å²) in [5.41, 5.74) is -2.91. The maximum absolute atomic E-state index is 12.4. The first kappa shape index (κ1) is 64.4. The van der Waals surface area contributed by atoms with Gasteiger partial charge < -0.3 is 44.1 Å². The van der Waals surface area contributed by atoms with E-state index in [1.54, 1.807) is 19.9 Å². The van der Waals surface area contributed by atoms with Crippen LogP contribution >= 0.6 is 0 Å². The molecular weight excluding hydrogens is 945 g/mol. The van der Waals surface area contributed by atoms with Crippen LogP contribution in [0.25, 0.3) is 0 Å². The summed E-state index contributed by atoms with van der Waals surface area (Å²) in [4.78, 5) is 60.6. The van der Waals surface area contributed by atoms with Crippen LogP contribution in [0.4, 0.5) is 0 Å². The van der Waals surface area contributed by atoms with Crippen LogP contribution in [-0.4, -0.2) is 91.5 Å². The summed E-state index contributed by atoms with van der Waals surface area (Å²) in [6.45, 7) is 25.3. The first-order valence-corrected chi connectivity index (χ1v) is 27.4. The second kappa shape index (κ2) is 25.0. The summed E-state index contributed by atoms with van der Waals surface area (Å²) in [7, 11) is 0. The van der Waals surface area contributed by atoms with Gasteiger partial charge in [-0.15, -0.1) is 0 Å². The summed E-state index contributed by atoms with van der Waals surface area (Å²) in [5.74, 6) is 0.303. The molecule has 8 bridgehead atoms. The number of hydrogen-bond donors (Lipinski definition) is 4. The molecule has 9 fully saturated rings. The molecule has 1 aromatic rings. The van der Waals surface area contributed by atoms with Gasteiger partial charge in [0.25, 0.3) is 0 Å². The van der Waals surface area contributed by atoms with E-state index in [-0.39, 0.29) is 85.7 Å². The molecule has 0 aromatic heterocycles. The molecular formula is C60H100O14. The van der Waals surface area contributed by atoms with Gasteiger partial charge in [-0.25, -0.2) is 4.79 Å². The largest absolute Gasteiger partial charge is 0.504 e. The van der Waals surface area contributed by atoms with Crippen molar-refractivity contribution in [1.82, 2.24) is 0 Å². The zero-order valence-corrected chi connectivity index (χ0v) is 46.2. The number of aromatic hydroxyl groups is 2. The molecule has 8 atom stereocenters. The number of fused-ring (bicyclic) bond motifs is 1. The Hall–Kier alpha value is -3.91. The number of esters is 5. The van der Waals surface area contributed by atoms with E-state index in [1.165, 1.54) is 18.9 Å². The van der Waals surface area contributed by atoms with E-state index < -0.39 is 45.7 Å². The molecule has 7 saturated carbocycles. The molecule has 424 valence electrons. The Morgan fingerprint density at radius 3 is 1.74 bits per heavy atom. The van der Waals surface area contributed by atoms with E-state index in [2.05, 4.69) is 27.7 Å². The number of ether oxygens (including phenoxy) is 5. The van der Waals surface area contributed by atoms with Crippen LogP contribution in [0.2, 0.25) is 0 Å². The van der Waals surface area contributed by atoms with Gasteiger partial charge in [-0.2, -0.15) is 0 Å². The number of carbonyl (C=O) groups is 5. The number of phenols is 2. The fourth-order valence-electron chi connectivity index (χ4n) is 12.2. The molecule has 4 N–H and O–H groups in total. The quantitative estimate of drug-likeness (QED) is 0.0776. The normalized spacial score (nSPS) is 30.2. The van der Waals surface area contributed by atoms with Gasteiger partial charge in [-0.1, -0.05) is 69.4 Å². The molecule has 9 aliphatic rings. The minimum atomic E-state index is -0.842. The lowest BCUT2D eigenvalue weighted by Crippen LogP contribution is -2.67. The third-order valence-electron chi connectivity index (χ3n) is 18.0. The van der Waals surface area contributed by atoms with Crippen LogP contribution in [0.5, 0.6) is 11.5 Å². The molecule has 0 spiro atoms. The summed E-state index contributed by atoms with van der Waals surface area (Å²) in [6, 6.07) is 4.98. The topological polar surface area (TPSA) is 212 Å². The van der Waals surface area contributed by atoms with E-state index in [4.69, 9.17) is 28.8 Å². The number of carbonyl (C=O) groups excluding carboxylic acids is 5. The molecule has 2 aliphatic heterocycles. The minimum Gasteiger partial charge on any atom is -0.504 e. The van der Waals surface area contributed by atoms with Crippen molar-refractivity contribution < 1.29 is 68.1 Å². The fourth-order valence-corrected chi connectivity index (χ4v) is 12.2. The van der Waals surface area contributed by atoms with Crippen molar-refractivity contribution in [1.29, 1.82) is 0 Å². The molecule has 74 heavy (non-hydrogen) atoms. The Morgan fingerprint density at radius 1 is 0.703 bits per heavy atom. The van der Waals surface area contributed by atoms with E-state index >= 15 is 0 Å². The number of hydrogen-bond acceptors (Lipinski definition) is 14. The van der Waals surface area contributed by atoms with Gasteiger partial charge in [0.1, 0.15) is 23.4 Å². The van der Waals surface area contributed by atoms with Crippen molar-refractivity contribution in [2.24, 2.45) is 45.8 Å². The fraction of sp³-hybridized carbons (Fsp3) is 0.817. The summed E-state index contributed by atoms with van der Waals surface area (Å²) >= 11 is 0. The highest BCUT2D eigenvalue weighted by atomic mass is 16.6. The standard InChI is InChI=1S/C18H26O6.C16H26O4.C14H26O2.C10H14O2.2CH4/c1-4-18(2,3)17(21)22-9-14(19)24-15-11-5-10-6-12(8-11)16(20)23-13(15)7-10;1-4-13(2,3)12(17)20-16-7-11-5-14(18,9-16)8-15(19,6-11)10-16;1-6-13(4,5)12(15)16-14(11(2)3)9-7-8-10-14;1-3-7(2)8-4-5-9(11)10(12)6-8;;/h10-13,15H,4-9H2,1-3H3;11,18-19H,4-10H2,1-3H3;11H,6-10H2,1-5H3;4-7,11-12H,3H2,1-2H3;2*1H4. The van der Waals surface area contributed by atoms with E-state index in [1.807, 2.05) is 54.5 Å². The average Bonchev–Trinajstić information content (AvgIpc) is 3.72. The Kier molecular flexibility index (Phi) is 21.8. The SMILES string of the molecule is C.C.CCC(C)(C)C(=O)OC1(C(C)C)CCCC1.CCC(C)(C)C(=O)OC12CC3CC(O)(CC(O)(C3)C1)C2.CCC(C)(C)C(=O)OCC(=O)OC1C2CC3CC(C2)C(=O)OC1C3.CCC(C)c1ccc(O)c(O)c1. The van der Waals surface area contributed by atoms with Gasteiger partial charge in [-0.05, 0) is 179 Å². The Labute approximate surface area is 445 Å². The maximum Gasteiger partial charge on any atom is 0.344 e. The van der Waals surface area contributed by atoms with Crippen molar-refractivity contribution in [3.05, 3.63) is 23.8 Å². The first-order valence-electron chi connectivity index (χ1n) is 27.4. The van der Waals surface area contributed by atoms with Crippen LogP contribution in [0, 0.1) is 45.8 Å². The number of rotatable bonds is 14. The monoisotopic (exact) mass is 1040 g/mol. The average molecular weight is 1050 g/mol. The highest BCUT2D eigenvalue weighted by Crippen LogP contribution is 2.61. The predicted molar refractivity (Wildman–Crippen MR) is 286 cm³/mol. The number of phenolic OH excluding ortho intramolecular Hbond substituents is 2. The Morgan fingerprint density at radius 2 is 1.24 bits per heavy atom. The third-order valence-corrected chi connectivity index (χ3v) is 18.0. The second-order valence-electron chi connectivity index (χ2n) is 25.4. The summed E-state index contributed by atoms with van der Waals surface area (Å²) in [5, 5.41) is 39.6. The van der Waals surface area contributed by atoms with Gasteiger partial charge in [-0.3, -0.25) is 19.2 Å². The van der Waals surface area contributed by atoms with Crippen LogP contribution in [-0.2, 0) is 47.7 Å². The highest BCUT2D eigenvalue weighted by Gasteiger charge is 2.65. The lowest BCUT2D eigenvalue weighted by molar-refractivity contribution is -0.264. The molecule has 8 unspecified atom stereocenters. The molecule has 0 amide bonds. The highest BCUT2D eigenvalue weighted by molar-refractivity contribution is 5.80. The molecule has 14 heteroatoms. The van der Waals surface area contributed by atoms with Crippen molar-refractivity contribution >= 4 is 29.8 Å². The molecule has 2 saturated heterocycles. The zero-order chi connectivity index (χ0) is 53.8. The van der Waals surface area contributed by atoms with E-state index in [0.29, 0.717) is 43.4 Å². The van der Waals surface area contributed by atoms with Crippen LogP contribution in [0.1, 0.15) is 232 Å². The van der Waals surface area contributed by atoms with Gasteiger partial charge in [0.2, 0.25) is 0 Å². The molecule has 1 aromatic carbocycles. The Bertz CT molecular complexity index is 2050.